The number of carbonyl (C=O) groups excluding carboxylic acids is 1. The summed E-state index contributed by atoms with van der Waals surface area (Å²) in [4.78, 5) is 17.7. The lowest BCUT2D eigenvalue weighted by Crippen LogP contribution is -2.40. The second-order valence-corrected chi connectivity index (χ2v) is 7.76. The molecular weight excluding hydrogens is 374 g/mol. The zero-order valence-electron chi connectivity index (χ0n) is 13.1. The lowest BCUT2D eigenvalue weighted by molar-refractivity contribution is -0.128. The quantitative estimate of drug-likeness (QED) is 0.808. The molecule has 0 bridgehead atoms. The first-order chi connectivity index (χ1) is 11.0. The number of rotatable bonds is 4. The van der Waals surface area contributed by atoms with E-state index in [0.29, 0.717) is 13.1 Å². The third-order valence-electron chi connectivity index (χ3n) is 4.15. The van der Waals surface area contributed by atoms with Gasteiger partial charge < -0.3 is 15.5 Å². The van der Waals surface area contributed by atoms with Gasteiger partial charge in [-0.05, 0) is 52.5 Å². The van der Waals surface area contributed by atoms with Crippen LogP contribution in [0.1, 0.15) is 16.9 Å². The van der Waals surface area contributed by atoms with Crippen LogP contribution in [0.3, 0.4) is 0 Å². The molecule has 0 spiro atoms. The van der Waals surface area contributed by atoms with Crippen molar-refractivity contribution < 1.29 is 4.79 Å². The number of hydrogen-bond donors (Lipinski definition) is 1. The average Bonchev–Trinajstić information content (AvgIpc) is 2.93. The molecule has 1 aromatic heterocycles. The summed E-state index contributed by atoms with van der Waals surface area (Å²) in [5.41, 5.74) is 9.19. The first kappa shape index (κ1) is 16.3. The molecule has 2 aromatic rings. The fourth-order valence-electron chi connectivity index (χ4n) is 2.93. The molecule has 1 aromatic carbocycles. The van der Waals surface area contributed by atoms with Gasteiger partial charge in [0.15, 0.2) is 0 Å². The van der Waals surface area contributed by atoms with Gasteiger partial charge in [-0.15, -0.1) is 11.3 Å². The number of nitrogens with two attached hydrogens (primary N) is 1. The molecule has 3 rings (SSSR count). The van der Waals surface area contributed by atoms with E-state index in [9.17, 15) is 4.79 Å². The van der Waals surface area contributed by atoms with Crippen molar-refractivity contribution in [2.24, 2.45) is 0 Å². The minimum absolute atomic E-state index is 0.129. The SMILES string of the molecule is CN(Cc1cc(Br)cs1)C(=O)CN1CCCc2c(N)cccc21. The van der Waals surface area contributed by atoms with Crippen molar-refractivity contribution in [2.45, 2.75) is 19.4 Å². The van der Waals surface area contributed by atoms with Crippen LogP contribution < -0.4 is 10.6 Å². The average molecular weight is 394 g/mol. The van der Waals surface area contributed by atoms with Crippen molar-refractivity contribution in [3.8, 4) is 0 Å². The Labute approximate surface area is 149 Å². The molecule has 1 aliphatic heterocycles. The summed E-state index contributed by atoms with van der Waals surface area (Å²) in [6.07, 6.45) is 2.03. The topological polar surface area (TPSA) is 49.6 Å². The Morgan fingerprint density at radius 1 is 1.48 bits per heavy atom. The van der Waals surface area contributed by atoms with Crippen molar-refractivity contribution >= 4 is 44.5 Å². The first-order valence-electron chi connectivity index (χ1n) is 7.64. The fourth-order valence-corrected chi connectivity index (χ4v) is 4.44. The molecule has 0 aliphatic carbocycles. The molecular formula is C17H20BrN3OS. The summed E-state index contributed by atoms with van der Waals surface area (Å²) in [6, 6.07) is 8.02. The molecule has 2 heterocycles. The van der Waals surface area contributed by atoms with Crippen molar-refractivity contribution in [1.82, 2.24) is 4.90 Å². The van der Waals surface area contributed by atoms with Gasteiger partial charge in [-0.3, -0.25) is 4.79 Å². The molecule has 0 saturated heterocycles. The Bertz CT molecular complexity index is 716. The number of carbonyl (C=O) groups is 1. The van der Waals surface area contributed by atoms with E-state index in [2.05, 4.69) is 33.0 Å². The summed E-state index contributed by atoms with van der Waals surface area (Å²) in [5, 5.41) is 2.04. The van der Waals surface area contributed by atoms with Gasteiger partial charge in [0.05, 0.1) is 13.1 Å². The molecule has 0 saturated carbocycles. The lowest BCUT2D eigenvalue weighted by atomic mass is 10.00. The van der Waals surface area contributed by atoms with E-state index >= 15 is 0 Å². The number of nitrogen functional groups attached to an aromatic ring is 1. The Kier molecular flexibility index (Phi) is 4.92. The van der Waals surface area contributed by atoms with Crippen molar-refractivity contribution in [3.63, 3.8) is 0 Å². The highest BCUT2D eigenvalue weighted by Gasteiger charge is 2.22. The molecule has 4 nitrogen and oxygen atoms in total. The van der Waals surface area contributed by atoms with Gasteiger partial charge in [0.25, 0.3) is 0 Å². The number of thiophene rings is 1. The summed E-state index contributed by atoms with van der Waals surface area (Å²) in [5.74, 6) is 0.129. The number of anilines is 2. The largest absolute Gasteiger partial charge is 0.398 e. The molecule has 0 fully saturated rings. The summed E-state index contributed by atoms with van der Waals surface area (Å²) in [7, 11) is 1.86. The summed E-state index contributed by atoms with van der Waals surface area (Å²) in [6.45, 7) is 1.95. The van der Waals surface area contributed by atoms with Gasteiger partial charge >= 0.3 is 0 Å². The van der Waals surface area contributed by atoms with E-state index in [0.717, 1.165) is 35.2 Å². The Hall–Kier alpha value is -1.53. The summed E-state index contributed by atoms with van der Waals surface area (Å²) < 4.78 is 1.07. The second kappa shape index (κ2) is 6.93. The first-order valence-corrected chi connectivity index (χ1v) is 9.31. The molecule has 6 heteroatoms. The van der Waals surface area contributed by atoms with Crippen molar-refractivity contribution in [2.75, 3.05) is 30.8 Å². The summed E-state index contributed by atoms with van der Waals surface area (Å²) >= 11 is 5.11. The van der Waals surface area contributed by atoms with E-state index in [1.54, 1.807) is 16.2 Å². The van der Waals surface area contributed by atoms with Gasteiger partial charge in [0.2, 0.25) is 5.91 Å². The predicted molar refractivity (Wildman–Crippen MR) is 99.9 cm³/mol. The number of likely N-dealkylation sites (N-methyl/N-ethyl adjacent to an activating group) is 1. The highest BCUT2D eigenvalue weighted by atomic mass is 79.9. The van der Waals surface area contributed by atoms with Crippen LogP contribution >= 0.6 is 27.3 Å². The van der Waals surface area contributed by atoms with Gasteiger partial charge in [-0.25, -0.2) is 0 Å². The molecule has 0 radical (unpaired) electrons. The molecule has 122 valence electrons. The third-order valence-corrected chi connectivity index (χ3v) is 5.83. The molecule has 2 N–H and O–H groups in total. The zero-order chi connectivity index (χ0) is 16.4. The number of amides is 1. The standard InChI is InChI=1S/C17H20BrN3OS/c1-20(9-13-8-12(18)11-23-13)17(22)10-21-7-3-4-14-15(19)5-2-6-16(14)21/h2,5-6,8,11H,3-4,7,9-10,19H2,1H3. The number of hydrogen-bond acceptors (Lipinski definition) is 4. The smallest absolute Gasteiger partial charge is 0.242 e. The van der Waals surface area contributed by atoms with E-state index in [1.165, 1.54) is 10.4 Å². The third kappa shape index (κ3) is 3.70. The highest BCUT2D eigenvalue weighted by molar-refractivity contribution is 9.10. The van der Waals surface area contributed by atoms with Crippen LogP contribution in [0.4, 0.5) is 11.4 Å². The maximum absolute atomic E-state index is 12.6. The number of fused-ring (bicyclic) bond motifs is 1. The maximum Gasteiger partial charge on any atom is 0.242 e. The molecule has 1 amide bonds. The predicted octanol–water partition coefficient (Wildman–Crippen LogP) is 3.50. The second-order valence-electron chi connectivity index (χ2n) is 5.85. The Balaban J connectivity index is 1.68. The lowest BCUT2D eigenvalue weighted by Gasteiger charge is -2.32. The van der Waals surface area contributed by atoms with Crippen LogP contribution in [0.2, 0.25) is 0 Å². The van der Waals surface area contributed by atoms with Crippen molar-refractivity contribution in [3.05, 3.63) is 44.6 Å². The monoisotopic (exact) mass is 393 g/mol. The Morgan fingerprint density at radius 3 is 3.04 bits per heavy atom. The van der Waals surface area contributed by atoms with E-state index < -0.39 is 0 Å². The molecule has 23 heavy (non-hydrogen) atoms. The number of benzene rings is 1. The molecule has 1 aliphatic rings. The van der Waals surface area contributed by atoms with E-state index in [-0.39, 0.29) is 5.91 Å². The number of halogens is 1. The van der Waals surface area contributed by atoms with E-state index in [1.807, 2.05) is 24.6 Å². The van der Waals surface area contributed by atoms with Crippen LogP contribution in [0.25, 0.3) is 0 Å². The minimum atomic E-state index is 0.129. The van der Waals surface area contributed by atoms with Crippen LogP contribution in [-0.4, -0.2) is 30.9 Å². The minimum Gasteiger partial charge on any atom is -0.398 e. The highest BCUT2D eigenvalue weighted by Crippen LogP contribution is 2.31. The normalized spacial score (nSPS) is 13.7. The molecule has 0 atom stereocenters. The Morgan fingerprint density at radius 2 is 2.30 bits per heavy atom. The molecule has 0 unspecified atom stereocenters. The van der Waals surface area contributed by atoms with Crippen LogP contribution in [0.15, 0.2) is 34.1 Å². The van der Waals surface area contributed by atoms with Gasteiger partial charge in [0, 0.05) is 39.7 Å². The fraction of sp³-hybridized carbons (Fsp3) is 0.353. The van der Waals surface area contributed by atoms with Gasteiger partial charge in [-0.1, -0.05) is 6.07 Å². The van der Waals surface area contributed by atoms with Gasteiger partial charge in [0.1, 0.15) is 0 Å². The van der Waals surface area contributed by atoms with Crippen LogP contribution in [0, 0.1) is 0 Å². The number of nitrogens with zero attached hydrogens (tertiary/aromatic N) is 2. The maximum atomic E-state index is 12.6. The van der Waals surface area contributed by atoms with Crippen LogP contribution in [0.5, 0.6) is 0 Å². The van der Waals surface area contributed by atoms with Crippen molar-refractivity contribution in [1.29, 1.82) is 0 Å². The van der Waals surface area contributed by atoms with Gasteiger partial charge in [-0.2, -0.15) is 0 Å². The van der Waals surface area contributed by atoms with E-state index in [4.69, 9.17) is 5.73 Å². The van der Waals surface area contributed by atoms with Crippen LogP contribution in [-0.2, 0) is 17.8 Å². The zero-order valence-corrected chi connectivity index (χ0v) is 15.5.